The second-order valence-electron chi connectivity index (χ2n) is 5.66. The van der Waals surface area contributed by atoms with Crippen molar-refractivity contribution in [2.75, 3.05) is 44.8 Å². The minimum Gasteiger partial charge on any atom is -0.385 e. The summed E-state index contributed by atoms with van der Waals surface area (Å²) in [5.41, 5.74) is 1.18. The van der Waals surface area contributed by atoms with Gasteiger partial charge >= 0.3 is 0 Å². The lowest BCUT2D eigenvalue weighted by Gasteiger charge is -2.20. The maximum absolute atomic E-state index is 6.09. The first-order valence-corrected chi connectivity index (χ1v) is 8.65. The number of hydrogen-bond acceptors (Lipinski definition) is 3. The maximum atomic E-state index is 6.09. The quantitative estimate of drug-likeness (QED) is 0.281. The van der Waals surface area contributed by atoms with Crippen LogP contribution in [0.5, 0.6) is 0 Å². The molecule has 0 aliphatic carbocycles. The number of hydrogen-bond donors (Lipinski definition) is 2. The van der Waals surface area contributed by atoms with Crippen LogP contribution in [0.1, 0.15) is 19.8 Å². The van der Waals surface area contributed by atoms with E-state index in [2.05, 4.69) is 33.5 Å². The second-order valence-corrected chi connectivity index (χ2v) is 6.10. The standard InChI is InChI=1S/C17H27ClN4O.HI/c1-3-19-17(20-9-5-11-23-2)21-15-8-10-22(13-15)16-7-4-6-14(18)12-16;/h4,6-7,12,15H,3,5,8-11,13H2,1-2H3,(H2,19,20,21);1H. The minimum atomic E-state index is 0. The topological polar surface area (TPSA) is 48.9 Å². The number of nitrogens with one attached hydrogen (secondary N) is 2. The van der Waals surface area contributed by atoms with Gasteiger partial charge in [-0.15, -0.1) is 24.0 Å². The lowest BCUT2D eigenvalue weighted by Crippen LogP contribution is -2.44. The van der Waals surface area contributed by atoms with E-state index in [1.807, 2.05) is 18.2 Å². The Morgan fingerprint density at radius 1 is 1.46 bits per heavy atom. The molecule has 0 aromatic heterocycles. The summed E-state index contributed by atoms with van der Waals surface area (Å²) in [6.45, 7) is 6.45. The summed E-state index contributed by atoms with van der Waals surface area (Å²) in [5.74, 6) is 0.890. The molecule has 136 valence electrons. The Bertz CT molecular complexity index is 515. The van der Waals surface area contributed by atoms with E-state index in [4.69, 9.17) is 16.3 Å². The van der Waals surface area contributed by atoms with Gasteiger partial charge in [-0.3, -0.25) is 4.99 Å². The number of rotatable bonds is 7. The first kappa shape index (κ1) is 21.3. The third-order valence-electron chi connectivity index (χ3n) is 3.82. The van der Waals surface area contributed by atoms with Gasteiger partial charge in [0.2, 0.25) is 0 Å². The summed E-state index contributed by atoms with van der Waals surface area (Å²) < 4.78 is 5.06. The zero-order valence-electron chi connectivity index (χ0n) is 14.4. The number of ether oxygens (including phenoxy) is 1. The number of halogens is 2. The van der Waals surface area contributed by atoms with Gasteiger partial charge in [0.25, 0.3) is 0 Å². The van der Waals surface area contributed by atoms with Crippen LogP contribution in [-0.4, -0.2) is 51.9 Å². The van der Waals surface area contributed by atoms with Crippen molar-refractivity contribution in [3.8, 4) is 0 Å². The van der Waals surface area contributed by atoms with Crippen LogP contribution in [0, 0.1) is 0 Å². The van der Waals surface area contributed by atoms with E-state index in [0.717, 1.165) is 56.6 Å². The molecule has 0 spiro atoms. The third-order valence-corrected chi connectivity index (χ3v) is 4.06. The van der Waals surface area contributed by atoms with Gasteiger partial charge in [0.1, 0.15) is 0 Å². The van der Waals surface area contributed by atoms with Crippen LogP contribution in [0.25, 0.3) is 0 Å². The molecule has 1 aliphatic rings. The zero-order valence-corrected chi connectivity index (χ0v) is 17.5. The molecule has 1 aromatic carbocycles. The van der Waals surface area contributed by atoms with Gasteiger partial charge in [-0.25, -0.2) is 0 Å². The van der Waals surface area contributed by atoms with Gasteiger partial charge in [-0.2, -0.15) is 0 Å². The summed E-state index contributed by atoms with van der Waals surface area (Å²) in [6, 6.07) is 8.44. The lowest BCUT2D eigenvalue weighted by molar-refractivity contribution is 0.197. The van der Waals surface area contributed by atoms with Crippen LogP contribution in [0.4, 0.5) is 5.69 Å². The first-order chi connectivity index (χ1) is 11.2. The van der Waals surface area contributed by atoms with Crippen LogP contribution < -0.4 is 15.5 Å². The Morgan fingerprint density at radius 3 is 3.00 bits per heavy atom. The maximum Gasteiger partial charge on any atom is 0.191 e. The molecule has 1 heterocycles. The number of nitrogens with zero attached hydrogens (tertiary/aromatic N) is 2. The van der Waals surface area contributed by atoms with Gasteiger partial charge in [-0.05, 0) is 38.0 Å². The normalized spacial score (nSPS) is 17.5. The fraction of sp³-hybridized carbons (Fsp3) is 0.588. The Balaban J connectivity index is 0.00000288. The van der Waals surface area contributed by atoms with E-state index in [1.54, 1.807) is 7.11 Å². The molecule has 0 amide bonds. The predicted octanol–water partition coefficient (Wildman–Crippen LogP) is 3.13. The van der Waals surface area contributed by atoms with E-state index >= 15 is 0 Å². The van der Waals surface area contributed by atoms with Crippen molar-refractivity contribution in [2.45, 2.75) is 25.8 Å². The Kier molecular flexibility index (Phi) is 10.4. The lowest BCUT2D eigenvalue weighted by atomic mass is 10.2. The molecule has 2 rings (SSSR count). The number of guanidine groups is 1. The molecule has 1 fully saturated rings. The van der Waals surface area contributed by atoms with Crippen molar-refractivity contribution >= 4 is 47.2 Å². The van der Waals surface area contributed by atoms with Gasteiger partial charge in [0.15, 0.2) is 5.96 Å². The van der Waals surface area contributed by atoms with E-state index in [-0.39, 0.29) is 24.0 Å². The molecule has 0 bridgehead atoms. The highest BCUT2D eigenvalue weighted by Gasteiger charge is 2.23. The summed E-state index contributed by atoms with van der Waals surface area (Å²) in [7, 11) is 1.72. The van der Waals surface area contributed by atoms with Crippen molar-refractivity contribution in [2.24, 2.45) is 4.99 Å². The van der Waals surface area contributed by atoms with Crippen molar-refractivity contribution in [1.29, 1.82) is 0 Å². The highest BCUT2D eigenvalue weighted by atomic mass is 127. The molecule has 2 N–H and O–H groups in total. The molecule has 1 aromatic rings. The second kappa shape index (κ2) is 11.8. The predicted molar refractivity (Wildman–Crippen MR) is 113 cm³/mol. The number of anilines is 1. The van der Waals surface area contributed by atoms with Crippen molar-refractivity contribution in [1.82, 2.24) is 10.6 Å². The van der Waals surface area contributed by atoms with Crippen LogP contribution in [0.15, 0.2) is 29.3 Å². The molecular weight excluding hydrogens is 439 g/mol. The summed E-state index contributed by atoms with van der Waals surface area (Å²) >= 11 is 6.09. The smallest absolute Gasteiger partial charge is 0.191 e. The molecule has 24 heavy (non-hydrogen) atoms. The van der Waals surface area contributed by atoms with Crippen LogP contribution >= 0.6 is 35.6 Å². The van der Waals surface area contributed by atoms with Crippen LogP contribution in [0.2, 0.25) is 5.02 Å². The molecule has 0 saturated carbocycles. The third kappa shape index (κ3) is 7.03. The highest BCUT2D eigenvalue weighted by molar-refractivity contribution is 14.0. The molecule has 1 atom stereocenters. The largest absolute Gasteiger partial charge is 0.385 e. The molecule has 5 nitrogen and oxygen atoms in total. The van der Waals surface area contributed by atoms with Crippen molar-refractivity contribution < 1.29 is 4.74 Å². The van der Waals surface area contributed by atoms with Gasteiger partial charge < -0.3 is 20.3 Å². The van der Waals surface area contributed by atoms with E-state index in [9.17, 15) is 0 Å². The number of methoxy groups -OCH3 is 1. The van der Waals surface area contributed by atoms with Crippen molar-refractivity contribution in [3.05, 3.63) is 29.3 Å². The van der Waals surface area contributed by atoms with E-state index in [1.165, 1.54) is 5.69 Å². The average molecular weight is 467 g/mol. The first-order valence-electron chi connectivity index (χ1n) is 8.27. The molecule has 0 radical (unpaired) electrons. The fourth-order valence-corrected chi connectivity index (χ4v) is 2.88. The fourth-order valence-electron chi connectivity index (χ4n) is 2.70. The Hall–Kier alpha value is -0.730. The average Bonchev–Trinajstić information content (AvgIpc) is 3.00. The van der Waals surface area contributed by atoms with Crippen LogP contribution in [-0.2, 0) is 4.74 Å². The molecule has 1 unspecified atom stereocenters. The van der Waals surface area contributed by atoms with Crippen LogP contribution in [0.3, 0.4) is 0 Å². The summed E-state index contributed by atoms with van der Waals surface area (Å²) in [5, 5.41) is 7.62. The summed E-state index contributed by atoms with van der Waals surface area (Å²) in [4.78, 5) is 6.96. The minimum absolute atomic E-state index is 0. The Labute approximate surface area is 167 Å². The number of benzene rings is 1. The van der Waals surface area contributed by atoms with Gasteiger partial charge in [0.05, 0.1) is 0 Å². The monoisotopic (exact) mass is 466 g/mol. The SMILES string of the molecule is CCNC(=NCCCOC)NC1CCN(c2cccc(Cl)c2)C1.I. The van der Waals surface area contributed by atoms with E-state index < -0.39 is 0 Å². The van der Waals surface area contributed by atoms with Gasteiger partial charge in [-0.1, -0.05) is 17.7 Å². The number of aliphatic imine (C=N–C) groups is 1. The Morgan fingerprint density at radius 2 is 2.29 bits per heavy atom. The van der Waals surface area contributed by atoms with E-state index in [0.29, 0.717) is 6.04 Å². The molecule has 7 heteroatoms. The van der Waals surface area contributed by atoms with Gasteiger partial charge in [0, 0.05) is 56.6 Å². The van der Waals surface area contributed by atoms with Crippen molar-refractivity contribution in [3.63, 3.8) is 0 Å². The summed E-state index contributed by atoms with van der Waals surface area (Å²) in [6.07, 6.45) is 2.03. The molecule has 1 aliphatic heterocycles. The zero-order chi connectivity index (χ0) is 16.5. The highest BCUT2D eigenvalue weighted by Crippen LogP contribution is 2.23. The molecular formula is C17H28ClIN4O. The molecule has 1 saturated heterocycles.